The fraction of sp³-hybridized carbons (Fsp3) is 0.316. The van der Waals surface area contributed by atoms with E-state index in [0.717, 1.165) is 23.6 Å². The van der Waals surface area contributed by atoms with Crippen molar-refractivity contribution in [1.82, 2.24) is 5.32 Å². The lowest BCUT2D eigenvalue weighted by atomic mass is 10.2. The molecular weight excluding hydrogens is 304 g/mol. The number of methoxy groups -OCH3 is 1. The molecule has 0 aliphatic carbocycles. The molecule has 2 aromatic carbocycles. The number of rotatable bonds is 9. The van der Waals surface area contributed by atoms with Crippen molar-refractivity contribution in [2.75, 3.05) is 25.6 Å². The third kappa shape index (κ3) is 5.93. The van der Waals surface area contributed by atoms with E-state index in [1.54, 1.807) is 7.11 Å². The molecule has 0 spiro atoms. The Kier molecular flexibility index (Phi) is 7.11. The third-order valence-electron chi connectivity index (χ3n) is 3.43. The second kappa shape index (κ2) is 9.57. The lowest BCUT2D eigenvalue weighted by Crippen LogP contribution is -2.38. The van der Waals surface area contributed by atoms with Gasteiger partial charge in [-0.3, -0.25) is 4.79 Å². The van der Waals surface area contributed by atoms with E-state index in [4.69, 9.17) is 9.47 Å². The zero-order chi connectivity index (χ0) is 17.2. The van der Waals surface area contributed by atoms with E-state index in [0.29, 0.717) is 13.2 Å². The molecule has 2 rings (SSSR count). The second-order valence-electron chi connectivity index (χ2n) is 5.44. The van der Waals surface area contributed by atoms with E-state index in [-0.39, 0.29) is 11.9 Å². The van der Waals surface area contributed by atoms with E-state index >= 15 is 0 Å². The molecule has 1 atom stereocenters. The van der Waals surface area contributed by atoms with Gasteiger partial charge in [-0.2, -0.15) is 0 Å². The Bertz CT molecular complexity index is 614. The lowest BCUT2D eigenvalue weighted by Gasteiger charge is -2.15. The van der Waals surface area contributed by atoms with Crippen LogP contribution in [0.5, 0.6) is 11.5 Å². The van der Waals surface area contributed by atoms with Gasteiger partial charge in [0.2, 0.25) is 5.91 Å². The fourth-order valence-electron chi connectivity index (χ4n) is 2.14. The molecular formula is C19H24N2O3. The zero-order valence-corrected chi connectivity index (χ0v) is 14.1. The molecule has 2 aromatic rings. The van der Waals surface area contributed by atoms with Crippen LogP contribution in [0.25, 0.3) is 0 Å². The Morgan fingerprint density at radius 1 is 1.04 bits per heavy atom. The molecule has 0 saturated carbocycles. The monoisotopic (exact) mass is 328 g/mol. The third-order valence-corrected chi connectivity index (χ3v) is 3.43. The van der Waals surface area contributed by atoms with Gasteiger partial charge in [-0.15, -0.1) is 0 Å². The summed E-state index contributed by atoms with van der Waals surface area (Å²) in [5.74, 6) is 1.51. The minimum Gasteiger partial charge on any atom is -0.457 e. The summed E-state index contributed by atoms with van der Waals surface area (Å²) in [4.78, 5) is 12.0. The van der Waals surface area contributed by atoms with Crippen LogP contribution in [0, 0.1) is 0 Å². The van der Waals surface area contributed by atoms with Gasteiger partial charge in [-0.05, 0) is 49.7 Å². The first kappa shape index (κ1) is 17.8. The predicted octanol–water partition coefficient (Wildman–Crippen LogP) is 3.43. The van der Waals surface area contributed by atoms with Crippen LogP contribution in [0.2, 0.25) is 0 Å². The van der Waals surface area contributed by atoms with Gasteiger partial charge in [-0.1, -0.05) is 18.2 Å². The molecule has 1 amide bonds. The maximum Gasteiger partial charge on any atom is 0.242 e. The molecule has 0 aromatic heterocycles. The van der Waals surface area contributed by atoms with E-state index < -0.39 is 0 Å². The molecule has 0 bridgehead atoms. The molecule has 0 saturated heterocycles. The number of carbonyl (C=O) groups is 1. The van der Waals surface area contributed by atoms with Gasteiger partial charge in [0.05, 0.1) is 0 Å². The summed E-state index contributed by atoms with van der Waals surface area (Å²) in [6, 6.07) is 16.8. The van der Waals surface area contributed by atoms with E-state index in [2.05, 4.69) is 10.6 Å². The molecule has 5 nitrogen and oxygen atoms in total. The van der Waals surface area contributed by atoms with Gasteiger partial charge >= 0.3 is 0 Å². The first-order valence-electron chi connectivity index (χ1n) is 8.05. The number of hydrogen-bond donors (Lipinski definition) is 2. The fourth-order valence-corrected chi connectivity index (χ4v) is 2.14. The molecule has 1 unspecified atom stereocenters. The number of para-hydroxylation sites is 1. The largest absolute Gasteiger partial charge is 0.457 e. The quantitative estimate of drug-likeness (QED) is 0.692. The Morgan fingerprint density at radius 2 is 1.71 bits per heavy atom. The van der Waals surface area contributed by atoms with Gasteiger partial charge < -0.3 is 20.1 Å². The number of hydrogen-bond acceptors (Lipinski definition) is 4. The standard InChI is InChI=1S/C19H24N2O3/c1-15(19(22)20-13-6-14-23-2)21-16-9-11-18(12-10-16)24-17-7-4-3-5-8-17/h3-5,7-12,15,21H,6,13-14H2,1-2H3,(H,20,22). The van der Waals surface area contributed by atoms with E-state index in [9.17, 15) is 4.79 Å². The maximum atomic E-state index is 12.0. The summed E-state index contributed by atoms with van der Waals surface area (Å²) in [5, 5.41) is 6.05. The molecule has 24 heavy (non-hydrogen) atoms. The highest BCUT2D eigenvalue weighted by molar-refractivity contribution is 5.84. The second-order valence-corrected chi connectivity index (χ2v) is 5.44. The highest BCUT2D eigenvalue weighted by atomic mass is 16.5. The molecule has 0 heterocycles. The summed E-state index contributed by atoms with van der Waals surface area (Å²) >= 11 is 0. The number of amides is 1. The van der Waals surface area contributed by atoms with Crippen LogP contribution < -0.4 is 15.4 Å². The van der Waals surface area contributed by atoms with Crippen LogP contribution in [0.15, 0.2) is 54.6 Å². The summed E-state index contributed by atoms with van der Waals surface area (Å²) in [5.41, 5.74) is 0.870. The number of ether oxygens (including phenoxy) is 2. The van der Waals surface area contributed by atoms with Crippen LogP contribution in [-0.4, -0.2) is 32.2 Å². The highest BCUT2D eigenvalue weighted by Gasteiger charge is 2.11. The van der Waals surface area contributed by atoms with Gasteiger partial charge in [0.15, 0.2) is 0 Å². The number of carbonyl (C=O) groups excluding carboxylic acids is 1. The number of benzene rings is 2. The summed E-state index contributed by atoms with van der Waals surface area (Å²) in [7, 11) is 1.65. The molecule has 2 N–H and O–H groups in total. The summed E-state index contributed by atoms with van der Waals surface area (Å²) in [6.07, 6.45) is 0.806. The Labute approximate surface area is 143 Å². The van der Waals surface area contributed by atoms with Crippen LogP contribution in [0.3, 0.4) is 0 Å². The molecule has 0 fully saturated rings. The van der Waals surface area contributed by atoms with Crippen LogP contribution in [0.1, 0.15) is 13.3 Å². The first-order chi connectivity index (χ1) is 11.7. The van der Waals surface area contributed by atoms with Crippen LogP contribution >= 0.6 is 0 Å². The van der Waals surface area contributed by atoms with Crippen molar-refractivity contribution in [2.45, 2.75) is 19.4 Å². The Balaban J connectivity index is 1.81. The molecule has 128 valence electrons. The molecule has 5 heteroatoms. The number of nitrogens with one attached hydrogen (secondary N) is 2. The van der Waals surface area contributed by atoms with Gasteiger partial charge in [0, 0.05) is 25.9 Å². The van der Waals surface area contributed by atoms with Crippen molar-refractivity contribution in [2.24, 2.45) is 0 Å². The van der Waals surface area contributed by atoms with Crippen molar-refractivity contribution >= 4 is 11.6 Å². The molecule has 0 aliphatic heterocycles. The minimum absolute atomic E-state index is 0.0317. The maximum absolute atomic E-state index is 12.0. The average molecular weight is 328 g/mol. The van der Waals surface area contributed by atoms with E-state index in [1.165, 1.54) is 0 Å². The molecule has 0 radical (unpaired) electrons. The smallest absolute Gasteiger partial charge is 0.242 e. The van der Waals surface area contributed by atoms with Crippen LogP contribution in [-0.2, 0) is 9.53 Å². The lowest BCUT2D eigenvalue weighted by molar-refractivity contribution is -0.121. The normalized spacial score (nSPS) is 11.6. The Morgan fingerprint density at radius 3 is 2.38 bits per heavy atom. The Hall–Kier alpha value is -2.53. The summed E-state index contributed by atoms with van der Waals surface area (Å²) < 4.78 is 10.7. The van der Waals surface area contributed by atoms with Gasteiger partial charge in [0.25, 0.3) is 0 Å². The van der Waals surface area contributed by atoms with Crippen molar-refractivity contribution < 1.29 is 14.3 Å². The van der Waals surface area contributed by atoms with Gasteiger partial charge in [-0.25, -0.2) is 0 Å². The minimum atomic E-state index is -0.312. The van der Waals surface area contributed by atoms with Crippen molar-refractivity contribution in [3.05, 3.63) is 54.6 Å². The zero-order valence-electron chi connectivity index (χ0n) is 14.1. The first-order valence-corrected chi connectivity index (χ1v) is 8.05. The number of anilines is 1. The molecule has 0 aliphatic rings. The van der Waals surface area contributed by atoms with Crippen molar-refractivity contribution in [3.8, 4) is 11.5 Å². The van der Waals surface area contributed by atoms with Crippen molar-refractivity contribution in [3.63, 3.8) is 0 Å². The van der Waals surface area contributed by atoms with Crippen molar-refractivity contribution in [1.29, 1.82) is 0 Å². The average Bonchev–Trinajstić information content (AvgIpc) is 2.61. The highest BCUT2D eigenvalue weighted by Crippen LogP contribution is 2.22. The SMILES string of the molecule is COCCCNC(=O)C(C)Nc1ccc(Oc2ccccc2)cc1. The van der Waals surface area contributed by atoms with Gasteiger partial charge in [0.1, 0.15) is 17.5 Å². The predicted molar refractivity (Wildman–Crippen MR) is 95.5 cm³/mol. The van der Waals surface area contributed by atoms with Crippen LogP contribution in [0.4, 0.5) is 5.69 Å². The van der Waals surface area contributed by atoms with E-state index in [1.807, 2.05) is 61.5 Å². The topological polar surface area (TPSA) is 59.6 Å². The summed E-state index contributed by atoms with van der Waals surface area (Å²) in [6.45, 7) is 3.09.